The van der Waals surface area contributed by atoms with Gasteiger partial charge in [0.2, 0.25) is 0 Å². The number of carboxylic acid groups (broad SMARTS) is 1. The van der Waals surface area contributed by atoms with Gasteiger partial charge in [0, 0.05) is 12.3 Å². The maximum Gasteiger partial charge on any atom is 0.366 e. The van der Waals surface area contributed by atoms with Gasteiger partial charge in [-0.05, 0) is 97.7 Å². The number of quaternary nitrogens is 1. The van der Waals surface area contributed by atoms with Crippen molar-refractivity contribution in [2.45, 2.75) is 124 Å². The zero-order chi connectivity index (χ0) is 27.4. The van der Waals surface area contributed by atoms with Gasteiger partial charge in [0.05, 0.1) is 21.1 Å². The molecule has 0 aromatic carbocycles. The number of carbonyl (C=O) groups is 1. The Morgan fingerprint density at radius 1 is 1.05 bits per heavy atom. The van der Waals surface area contributed by atoms with E-state index in [0.717, 1.165) is 48.3 Å². The molecule has 1 unspecified atom stereocenters. The first-order valence-electron chi connectivity index (χ1n) is 16.0. The molecule has 0 heterocycles. The minimum Gasteiger partial charge on any atom is -0.477 e. The minimum atomic E-state index is -0.700. The van der Waals surface area contributed by atoms with Gasteiger partial charge in [-0.15, -0.1) is 0 Å². The van der Waals surface area contributed by atoms with E-state index in [-0.39, 0.29) is 11.3 Å². The molecule has 37 heavy (non-hydrogen) atoms. The monoisotopic (exact) mass is 514 g/mol. The van der Waals surface area contributed by atoms with Crippen molar-refractivity contribution in [2.24, 2.45) is 52.3 Å². The third-order valence-corrected chi connectivity index (χ3v) is 13.1. The maximum absolute atomic E-state index is 12.8. The minimum absolute atomic E-state index is 0.224. The Kier molecular flexibility index (Phi) is 8.11. The van der Waals surface area contributed by atoms with E-state index >= 15 is 0 Å². The van der Waals surface area contributed by atoms with Crippen LogP contribution in [0.15, 0.2) is 11.6 Å². The number of likely N-dealkylation sites (N-methyl/N-ethyl adjacent to an activating group) is 1. The number of aliphatic carboxylic acids is 1. The molecule has 9 atom stereocenters. The number of rotatable bonds is 9. The lowest BCUT2D eigenvalue weighted by atomic mass is 9.46. The van der Waals surface area contributed by atoms with Crippen LogP contribution in [-0.4, -0.2) is 42.2 Å². The molecule has 0 saturated heterocycles. The number of fused-ring (bicyclic) bond motifs is 5. The molecule has 0 aromatic rings. The van der Waals surface area contributed by atoms with Crippen molar-refractivity contribution in [3.63, 3.8) is 0 Å². The highest BCUT2D eigenvalue weighted by atomic mass is 16.4. The van der Waals surface area contributed by atoms with Gasteiger partial charge in [-0.2, -0.15) is 0 Å². The molecular formula is C34H60NO2+. The normalized spacial score (nSPS) is 40.3. The quantitative estimate of drug-likeness (QED) is 0.247. The van der Waals surface area contributed by atoms with Crippen LogP contribution in [0.1, 0.15) is 119 Å². The molecule has 3 heteroatoms. The standard InChI is InChI=1S/C34H59NO2/c1-10-34(31(36)37,35(7,8)9)26-18-20-32(5)25(22-26)14-15-27-29-17-16-28(24(4)13-11-12-23(2)3)33(29,6)21-19-30(27)32/h14,23-24,26-30H,10-13,15-22H2,1-9H3/p+1/t24-,26+,27+,28-,29+,30+,32+,33-,34?/m1/s1. The Hall–Kier alpha value is -0.830. The fourth-order valence-electron chi connectivity index (χ4n) is 11.0. The second kappa shape index (κ2) is 10.3. The second-order valence-corrected chi connectivity index (χ2v) is 15.8. The lowest BCUT2D eigenvalue weighted by molar-refractivity contribution is -0.919. The third-order valence-electron chi connectivity index (χ3n) is 13.1. The molecule has 4 aliphatic rings. The molecule has 0 radical (unpaired) electrons. The highest BCUT2D eigenvalue weighted by molar-refractivity contribution is 5.78. The Labute approximate surface area is 229 Å². The van der Waals surface area contributed by atoms with E-state index in [4.69, 9.17) is 0 Å². The molecule has 4 aliphatic carbocycles. The van der Waals surface area contributed by atoms with Gasteiger partial charge in [-0.1, -0.05) is 72.5 Å². The van der Waals surface area contributed by atoms with Gasteiger partial charge in [0.25, 0.3) is 0 Å². The van der Waals surface area contributed by atoms with Crippen molar-refractivity contribution in [2.75, 3.05) is 21.1 Å². The molecule has 0 spiro atoms. The van der Waals surface area contributed by atoms with Crippen molar-refractivity contribution in [1.29, 1.82) is 0 Å². The summed E-state index contributed by atoms with van der Waals surface area (Å²) < 4.78 is 0.511. The van der Waals surface area contributed by atoms with Crippen LogP contribution in [0.2, 0.25) is 0 Å². The van der Waals surface area contributed by atoms with E-state index < -0.39 is 11.5 Å². The van der Waals surface area contributed by atoms with E-state index in [1.165, 1.54) is 57.8 Å². The summed E-state index contributed by atoms with van der Waals surface area (Å²) in [5, 5.41) is 10.5. The molecule has 0 amide bonds. The predicted molar refractivity (Wildman–Crippen MR) is 155 cm³/mol. The highest BCUT2D eigenvalue weighted by Gasteiger charge is 2.62. The van der Waals surface area contributed by atoms with Gasteiger partial charge in [-0.25, -0.2) is 4.79 Å². The summed E-state index contributed by atoms with van der Waals surface area (Å²) in [6.45, 7) is 14.7. The zero-order valence-electron chi connectivity index (χ0n) is 25.9. The molecule has 0 aliphatic heterocycles. The van der Waals surface area contributed by atoms with E-state index in [9.17, 15) is 9.90 Å². The van der Waals surface area contributed by atoms with Crippen LogP contribution in [0, 0.1) is 52.3 Å². The average Bonchev–Trinajstić information content (AvgIpc) is 3.15. The van der Waals surface area contributed by atoms with E-state index in [1.54, 1.807) is 5.57 Å². The molecule has 212 valence electrons. The molecule has 3 fully saturated rings. The van der Waals surface area contributed by atoms with Crippen LogP contribution >= 0.6 is 0 Å². The van der Waals surface area contributed by atoms with Crippen LogP contribution in [0.25, 0.3) is 0 Å². The molecule has 4 rings (SSSR count). The lowest BCUT2D eigenvalue weighted by Crippen LogP contribution is -2.66. The Balaban J connectivity index is 1.53. The van der Waals surface area contributed by atoms with Crippen molar-refractivity contribution in [3.8, 4) is 0 Å². The average molecular weight is 515 g/mol. The van der Waals surface area contributed by atoms with Crippen LogP contribution < -0.4 is 0 Å². The first-order valence-corrected chi connectivity index (χ1v) is 16.0. The Morgan fingerprint density at radius 3 is 2.35 bits per heavy atom. The summed E-state index contributed by atoms with van der Waals surface area (Å²) in [5.74, 6) is 4.74. The summed E-state index contributed by atoms with van der Waals surface area (Å²) in [7, 11) is 6.29. The largest absolute Gasteiger partial charge is 0.477 e. The smallest absolute Gasteiger partial charge is 0.366 e. The Bertz CT molecular complexity index is 870. The SMILES string of the molecule is CCC(C(=O)O)([C@H]1CC[C@@]2(C)C(=CC[C@H]3[C@@H]4CC[C@H]([C@H](C)CCCC(C)C)[C@@]4(C)CC[C@@H]32)C1)[N+](C)(C)C. The summed E-state index contributed by atoms with van der Waals surface area (Å²) in [6, 6.07) is 0. The van der Waals surface area contributed by atoms with Gasteiger partial charge >= 0.3 is 5.97 Å². The molecule has 1 N–H and O–H groups in total. The lowest BCUT2D eigenvalue weighted by Gasteiger charge is -2.60. The fraction of sp³-hybridized carbons (Fsp3) is 0.912. The predicted octanol–water partition coefficient (Wildman–Crippen LogP) is 8.58. The summed E-state index contributed by atoms with van der Waals surface area (Å²) in [6.07, 6.45) is 17.7. The number of carboxylic acids is 1. The second-order valence-electron chi connectivity index (χ2n) is 15.8. The van der Waals surface area contributed by atoms with E-state index in [0.29, 0.717) is 16.3 Å². The number of hydrogen-bond donors (Lipinski definition) is 1. The molecule has 3 saturated carbocycles. The van der Waals surface area contributed by atoms with Crippen LogP contribution in [0.4, 0.5) is 0 Å². The van der Waals surface area contributed by atoms with Crippen LogP contribution in [-0.2, 0) is 4.79 Å². The first-order chi connectivity index (χ1) is 17.2. The third kappa shape index (κ3) is 4.66. The number of allylic oxidation sites excluding steroid dienone is 2. The first kappa shape index (κ1) is 29.2. The summed E-state index contributed by atoms with van der Waals surface area (Å²) >= 11 is 0. The summed E-state index contributed by atoms with van der Waals surface area (Å²) in [4.78, 5) is 12.8. The van der Waals surface area contributed by atoms with Crippen molar-refractivity contribution >= 4 is 5.97 Å². The van der Waals surface area contributed by atoms with Crippen molar-refractivity contribution in [1.82, 2.24) is 0 Å². The fourth-order valence-corrected chi connectivity index (χ4v) is 11.0. The zero-order valence-corrected chi connectivity index (χ0v) is 25.9. The maximum atomic E-state index is 12.8. The van der Waals surface area contributed by atoms with Gasteiger partial charge < -0.3 is 9.59 Å². The molecule has 0 aromatic heterocycles. The molecule has 3 nitrogen and oxygen atoms in total. The molecule has 0 bridgehead atoms. The van der Waals surface area contributed by atoms with E-state index in [1.807, 2.05) is 0 Å². The van der Waals surface area contributed by atoms with Gasteiger partial charge in [0.15, 0.2) is 5.54 Å². The van der Waals surface area contributed by atoms with E-state index in [2.05, 4.69) is 68.8 Å². The number of nitrogens with zero attached hydrogens (tertiary/aromatic N) is 1. The Morgan fingerprint density at radius 2 is 1.76 bits per heavy atom. The topological polar surface area (TPSA) is 37.3 Å². The van der Waals surface area contributed by atoms with Gasteiger partial charge in [0.1, 0.15) is 0 Å². The number of hydrogen-bond acceptors (Lipinski definition) is 1. The van der Waals surface area contributed by atoms with Crippen LogP contribution in [0.3, 0.4) is 0 Å². The van der Waals surface area contributed by atoms with Crippen molar-refractivity contribution in [3.05, 3.63) is 11.6 Å². The van der Waals surface area contributed by atoms with Crippen molar-refractivity contribution < 1.29 is 14.4 Å². The summed E-state index contributed by atoms with van der Waals surface area (Å²) in [5.41, 5.74) is 1.73. The van der Waals surface area contributed by atoms with Gasteiger partial charge in [-0.3, -0.25) is 0 Å². The molecular weight excluding hydrogens is 454 g/mol. The van der Waals surface area contributed by atoms with Crippen LogP contribution in [0.5, 0.6) is 0 Å². The highest BCUT2D eigenvalue weighted by Crippen LogP contribution is 2.68.